The van der Waals surface area contributed by atoms with Crippen molar-refractivity contribution in [3.63, 3.8) is 0 Å². The van der Waals surface area contributed by atoms with Crippen molar-refractivity contribution >= 4 is 17.3 Å². The van der Waals surface area contributed by atoms with E-state index in [0.717, 1.165) is 16.8 Å². The van der Waals surface area contributed by atoms with Crippen LogP contribution >= 0.6 is 0 Å². The van der Waals surface area contributed by atoms with Crippen molar-refractivity contribution in [2.24, 2.45) is 0 Å². The van der Waals surface area contributed by atoms with Gasteiger partial charge >= 0.3 is 0 Å². The van der Waals surface area contributed by atoms with Crippen molar-refractivity contribution in [3.05, 3.63) is 84.2 Å². The average molecular weight is 370 g/mol. The molecule has 4 aromatic rings. The van der Waals surface area contributed by atoms with Gasteiger partial charge in [-0.1, -0.05) is 35.5 Å². The second kappa shape index (κ2) is 7.32. The lowest BCUT2D eigenvalue weighted by atomic mass is 10.0. The smallest absolute Gasteiger partial charge is 0.255 e. The molecular weight excluding hydrogens is 352 g/mol. The Morgan fingerprint density at radius 1 is 1.07 bits per heavy atom. The van der Waals surface area contributed by atoms with Gasteiger partial charge in [0.1, 0.15) is 5.69 Å². The fraction of sp³-hybridized carbons (Fsp3) is 0.0476. The minimum Gasteiger partial charge on any atom is -0.399 e. The number of rotatable bonds is 4. The topological polar surface area (TPSA) is 98.7 Å². The van der Waals surface area contributed by atoms with Gasteiger partial charge in [-0.2, -0.15) is 0 Å². The van der Waals surface area contributed by atoms with Crippen LogP contribution < -0.4 is 11.1 Å². The highest BCUT2D eigenvalue weighted by Crippen LogP contribution is 2.22. The number of aromatic nitrogens is 4. The summed E-state index contributed by atoms with van der Waals surface area (Å²) in [4.78, 5) is 16.9. The number of nitrogens with zero attached hydrogens (tertiary/aromatic N) is 4. The standard InChI is InChI=1S/C21H18N6O/c1-14-7-8-15(11-18(14)21(28)24-17-5-3-2-4-6-17)19-13-27(26-25-19)20-12-16(22)9-10-23-20/h2-13H,1H3,(H2,22,23)(H,24,28). The molecule has 2 aromatic heterocycles. The van der Waals surface area contributed by atoms with Gasteiger partial charge in [0.15, 0.2) is 5.82 Å². The number of carbonyl (C=O) groups is 1. The van der Waals surface area contributed by atoms with E-state index in [2.05, 4.69) is 20.6 Å². The molecule has 7 nitrogen and oxygen atoms in total. The Balaban J connectivity index is 1.63. The second-order valence-corrected chi connectivity index (χ2v) is 6.35. The molecule has 0 saturated carbocycles. The molecule has 138 valence electrons. The third-order valence-electron chi connectivity index (χ3n) is 4.31. The fourth-order valence-electron chi connectivity index (χ4n) is 2.81. The first kappa shape index (κ1) is 17.4. The highest BCUT2D eigenvalue weighted by Gasteiger charge is 2.13. The molecular formula is C21H18N6O. The molecule has 28 heavy (non-hydrogen) atoms. The van der Waals surface area contributed by atoms with Crippen molar-refractivity contribution in [1.82, 2.24) is 20.0 Å². The van der Waals surface area contributed by atoms with Gasteiger partial charge in [-0.15, -0.1) is 5.10 Å². The van der Waals surface area contributed by atoms with E-state index >= 15 is 0 Å². The summed E-state index contributed by atoms with van der Waals surface area (Å²) in [7, 11) is 0. The number of carbonyl (C=O) groups excluding carboxylic acids is 1. The molecule has 0 aliphatic carbocycles. The van der Waals surface area contributed by atoms with Crippen LogP contribution in [0.5, 0.6) is 0 Å². The molecule has 0 aliphatic heterocycles. The molecule has 0 aliphatic rings. The highest BCUT2D eigenvalue weighted by atomic mass is 16.1. The Kier molecular flexibility index (Phi) is 4.55. The highest BCUT2D eigenvalue weighted by molar-refractivity contribution is 6.05. The van der Waals surface area contributed by atoms with Gasteiger partial charge in [-0.05, 0) is 36.8 Å². The van der Waals surface area contributed by atoms with Gasteiger partial charge in [-0.3, -0.25) is 4.79 Å². The average Bonchev–Trinajstić information content (AvgIpc) is 3.19. The predicted molar refractivity (Wildman–Crippen MR) is 108 cm³/mol. The largest absolute Gasteiger partial charge is 0.399 e. The molecule has 7 heteroatoms. The van der Waals surface area contributed by atoms with Gasteiger partial charge in [0.25, 0.3) is 5.91 Å². The molecule has 0 atom stereocenters. The Hall–Kier alpha value is -4.00. The van der Waals surface area contributed by atoms with Gasteiger partial charge in [0.05, 0.1) is 6.20 Å². The quantitative estimate of drug-likeness (QED) is 0.573. The number of aryl methyl sites for hydroxylation is 1. The summed E-state index contributed by atoms with van der Waals surface area (Å²) in [6, 6.07) is 18.4. The molecule has 0 bridgehead atoms. The summed E-state index contributed by atoms with van der Waals surface area (Å²) < 4.78 is 1.55. The van der Waals surface area contributed by atoms with E-state index in [4.69, 9.17) is 5.73 Å². The molecule has 2 heterocycles. The van der Waals surface area contributed by atoms with Crippen LogP contribution in [0, 0.1) is 6.92 Å². The van der Waals surface area contributed by atoms with Gasteiger partial charge in [0, 0.05) is 34.8 Å². The maximum atomic E-state index is 12.7. The number of anilines is 2. The zero-order valence-corrected chi connectivity index (χ0v) is 15.2. The SMILES string of the molecule is Cc1ccc(-c2cn(-c3cc(N)ccn3)nn2)cc1C(=O)Nc1ccccc1. The number of pyridine rings is 1. The van der Waals surface area contributed by atoms with Crippen LogP contribution in [-0.4, -0.2) is 25.9 Å². The summed E-state index contributed by atoms with van der Waals surface area (Å²) in [6.45, 7) is 1.90. The first-order chi connectivity index (χ1) is 13.6. The van der Waals surface area contributed by atoms with Crippen molar-refractivity contribution in [3.8, 4) is 17.1 Å². The number of benzene rings is 2. The molecule has 1 amide bonds. The Bertz CT molecular complexity index is 1140. The van der Waals surface area contributed by atoms with Crippen LogP contribution in [0.25, 0.3) is 17.1 Å². The fourth-order valence-corrected chi connectivity index (χ4v) is 2.81. The van der Waals surface area contributed by atoms with E-state index < -0.39 is 0 Å². The van der Waals surface area contributed by atoms with E-state index in [0.29, 0.717) is 22.8 Å². The molecule has 4 rings (SSSR count). The summed E-state index contributed by atoms with van der Waals surface area (Å²) in [6.07, 6.45) is 3.37. The van der Waals surface area contributed by atoms with Crippen LogP contribution in [0.3, 0.4) is 0 Å². The number of para-hydroxylation sites is 1. The van der Waals surface area contributed by atoms with E-state index in [9.17, 15) is 4.79 Å². The third kappa shape index (κ3) is 3.59. The second-order valence-electron chi connectivity index (χ2n) is 6.35. The number of nitrogens with one attached hydrogen (secondary N) is 1. The molecule has 0 unspecified atom stereocenters. The van der Waals surface area contributed by atoms with E-state index in [1.54, 1.807) is 29.2 Å². The van der Waals surface area contributed by atoms with E-state index in [-0.39, 0.29) is 5.91 Å². The Labute approximate surface area is 161 Å². The van der Waals surface area contributed by atoms with Crippen molar-refractivity contribution in [2.45, 2.75) is 6.92 Å². The summed E-state index contributed by atoms with van der Waals surface area (Å²) >= 11 is 0. The first-order valence-electron chi connectivity index (χ1n) is 8.72. The van der Waals surface area contributed by atoms with Crippen LogP contribution in [0.15, 0.2) is 73.1 Å². The molecule has 0 radical (unpaired) electrons. The number of hydrogen-bond donors (Lipinski definition) is 2. The summed E-state index contributed by atoms with van der Waals surface area (Å²) in [5.41, 5.74) is 10.0. The van der Waals surface area contributed by atoms with E-state index in [1.165, 1.54) is 0 Å². The van der Waals surface area contributed by atoms with E-state index in [1.807, 2.05) is 55.5 Å². The molecule has 0 saturated heterocycles. The zero-order chi connectivity index (χ0) is 19.5. The number of amides is 1. The predicted octanol–water partition coefficient (Wildman–Crippen LogP) is 3.47. The van der Waals surface area contributed by atoms with Gasteiger partial charge in [0.2, 0.25) is 0 Å². The zero-order valence-electron chi connectivity index (χ0n) is 15.2. The molecule has 2 aromatic carbocycles. The van der Waals surface area contributed by atoms with Crippen LogP contribution in [0.2, 0.25) is 0 Å². The van der Waals surface area contributed by atoms with Crippen LogP contribution in [-0.2, 0) is 0 Å². The molecule has 3 N–H and O–H groups in total. The minimum atomic E-state index is -0.171. The van der Waals surface area contributed by atoms with Crippen LogP contribution in [0.1, 0.15) is 15.9 Å². The monoisotopic (exact) mass is 370 g/mol. The minimum absolute atomic E-state index is 0.171. The van der Waals surface area contributed by atoms with Crippen molar-refractivity contribution in [2.75, 3.05) is 11.1 Å². The number of nitrogen functional groups attached to an aromatic ring is 1. The first-order valence-corrected chi connectivity index (χ1v) is 8.72. The lowest BCUT2D eigenvalue weighted by Gasteiger charge is -2.09. The Morgan fingerprint density at radius 2 is 1.89 bits per heavy atom. The molecule has 0 spiro atoms. The van der Waals surface area contributed by atoms with Crippen LogP contribution in [0.4, 0.5) is 11.4 Å². The van der Waals surface area contributed by atoms with Gasteiger partial charge < -0.3 is 11.1 Å². The Morgan fingerprint density at radius 3 is 2.68 bits per heavy atom. The normalized spacial score (nSPS) is 10.6. The maximum absolute atomic E-state index is 12.7. The van der Waals surface area contributed by atoms with Crippen molar-refractivity contribution in [1.29, 1.82) is 0 Å². The maximum Gasteiger partial charge on any atom is 0.255 e. The molecule has 0 fully saturated rings. The summed E-state index contributed by atoms with van der Waals surface area (Å²) in [5.74, 6) is 0.406. The lowest BCUT2D eigenvalue weighted by Crippen LogP contribution is -2.13. The van der Waals surface area contributed by atoms with Gasteiger partial charge in [-0.25, -0.2) is 9.67 Å². The van der Waals surface area contributed by atoms with Crippen molar-refractivity contribution < 1.29 is 4.79 Å². The number of hydrogen-bond acceptors (Lipinski definition) is 5. The lowest BCUT2D eigenvalue weighted by molar-refractivity contribution is 0.102. The summed E-state index contributed by atoms with van der Waals surface area (Å²) in [5, 5.41) is 11.2. The number of nitrogens with two attached hydrogens (primary N) is 1. The third-order valence-corrected chi connectivity index (χ3v) is 4.31.